The Morgan fingerprint density at radius 3 is 3.00 bits per heavy atom. The molecule has 1 aromatic heterocycles. The van der Waals surface area contributed by atoms with E-state index in [0.717, 1.165) is 5.56 Å². The SMILES string of the molecule is CN1C(=O)COc2ccc(-c3ccnc(C=O)n3)cc21. The van der Waals surface area contributed by atoms with Gasteiger partial charge in [-0.15, -0.1) is 0 Å². The summed E-state index contributed by atoms with van der Waals surface area (Å²) >= 11 is 0. The molecular formula is C14H11N3O3. The normalized spacial score (nSPS) is 13.7. The van der Waals surface area contributed by atoms with Gasteiger partial charge in [0.05, 0.1) is 11.4 Å². The number of amides is 1. The van der Waals surface area contributed by atoms with Crippen LogP contribution in [0.5, 0.6) is 5.75 Å². The zero-order valence-electron chi connectivity index (χ0n) is 10.7. The van der Waals surface area contributed by atoms with Crippen LogP contribution in [0.1, 0.15) is 10.6 Å². The zero-order valence-corrected chi connectivity index (χ0v) is 10.7. The molecule has 1 aliphatic heterocycles. The molecule has 1 aliphatic rings. The number of rotatable bonds is 2. The van der Waals surface area contributed by atoms with Gasteiger partial charge in [0.1, 0.15) is 5.75 Å². The number of aldehydes is 1. The fourth-order valence-corrected chi connectivity index (χ4v) is 2.02. The second-order valence-electron chi connectivity index (χ2n) is 4.34. The maximum absolute atomic E-state index is 11.6. The molecule has 0 atom stereocenters. The van der Waals surface area contributed by atoms with Crippen molar-refractivity contribution in [3.8, 4) is 17.0 Å². The molecule has 0 bridgehead atoms. The van der Waals surface area contributed by atoms with E-state index in [4.69, 9.17) is 4.74 Å². The Bertz CT molecular complexity index is 700. The van der Waals surface area contributed by atoms with Crippen molar-refractivity contribution in [2.24, 2.45) is 0 Å². The van der Waals surface area contributed by atoms with Crippen LogP contribution in [0, 0.1) is 0 Å². The number of fused-ring (bicyclic) bond motifs is 1. The van der Waals surface area contributed by atoms with Gasteiger partial charge in [0.15, 0.2) is 18.7 Å². The molecule has 0 spiro atoms. The van der Waals surface area contributed by atoms with E-state index in [1.165, 1.54) is 6.20 Å². The first-order chi connectivity index (χ1) is 9.69. The number of ether oxygens (including phenoxy) is 1. The first-order valence-corrected chi connectivity index (χ1v) is 6.01. The molecule has 6 heteroatoms. The Morgan fingerprint density at radius 2 is 2.20 bits per heavy atom. The Hall–Kier alpha value is -2.76. The van der Waals surface area contributed by atoms with Gasteiger partial charge in [0.25, 0.3) is 5.91 Å². The second-order valence-corrected chi connectivity index (χ2v) is 4.34. The van der Waals surface area contributed by atoms with Crippen LogP contribution in [0.4, 0.5) is 5.69 Å². The highest BCUT2D eigenvalue weighted by Gasteiger charge is 2.22. The summed E-state index contributed by atoms with van der Waals surface area (Å²) in [6.07, 6.45) is 2.12. The Morgan fingerprint density at radius 1 is 1.35 bits per heavy atom. The first kappa shape index (κ1) is 12.3. The number of anilines is 1. The average molecular weight is 269 g/mol. The zero-order chi connectivity index (χ0) is 14.1. The van der Waals surface area contributed by atoms with Gasteiger partial charge >= 0.3 is 0 Å². The summed E-state index contributed by atoms with van der Waals surface area (Å²) in [5.74, 6) is 0.673. The predicted molar refractivity (Wildman–Crippen MR) is 71.8 cm³/mol. The highest BCUT2D eigenvalue weighted by molar-refractivity contribution is 5.98. The van der Waals surface area contributed by atoms with E-state index in [2.05, 4.69) is 9.97 Å². The van der Waals surface area contributed by atoms with E-state index in [9.17, 15) is 9.59 Å². The minimum Gasteiger partial charge on any atom is -0.482 e. The summed E-state index contributed by atoms with van der Waals surface area (Å²) in [5.41, 5.74) is 2.10. The van der Waals surface area contributed by atoms with Gasteiger partial charge < -0.3 is 9.64 Å². The lowest BCUT2D eigenvalue weighted by molar-refractivity contribution is -0.120. The number of hydrogen-bond donors (Lipinski definition) is 0. The summed E-state index contributed by atoms with van der Waals surface area (Å²) in [4.78, 5) is 31.9. The van der Waals surface area contributed by atoms with Crippen LogP contribution >= 0.6 is 0 Å². The Labute approximate surface area is 115 Å². The third kappa shape index (κ3) is 2.01. The number of carbonyl (C=O) groups excluding carboxylic acids is 2. The van der Waals surface area contributed by atoms with Crippen molar-refractivity contribution in [2.45, 2.75) is 0 Å². The van der Waals surface area contributed by atoms with Crippen LogP contribution in [-0.4, -0.2) is 35.8 Å². The molecular weight excluding hydrogens is 258 g/mol. The topological polar surface area (TPSA) is 72.4 Å². The molecule has 6 nitrogen and oxygen atoms in total. The van der Waals surface area contributed by atoms with Crippen LogP contribution in [0.2, 0.25) is 0 Å². The molecule has 0 saturated heterocycles. The number of carbonyl (C=O) groups is 2. The van der Waals surface area contributed by atoms with Gasteiger partial charge in [-0.25, -0.2) is 9.97 Å². The van der Waals surface area contributed by atoms with Crippen molar-refractivity contribution in [3.05, 3.63) is 36.3 Å². The number of likely N-dealkylation sites (N-methyl/N-ethyl adjacent to an activating group) is 1. The molecule has 2 aromatic rings. The Kier molecular flexibility index (Phi) is 2.90. The van der Waals surface area contributed by atoms with Gasteiger partial charge in [-0.05, 0) is 24.3 Å². The number of aromatic nitrogens is 2. The highest BCUT2D eigenvalue weighted by Crippen LogP contribution is 2.34. The number of hydrogen-bond acceptors (Lipinski definition) is 5. The second kappa shape index (κ2) is 4.73. The quantitative estimate of drug-likeness (QED) is 0.769. The van der Waals surface area contributed by atoms with Crippen LogP contribution in [0.15, 0.2) is 30.5 Å². The highest BCUT2D eigenvalue weighted by atomic mass is 16.5. The van der Waals surface area contributed by atoms with Crippen molar-refractivity contribution >= 4 is 17.9 Å². The smallest absolute Gasteiger partial charge is 0.264 e. The molecule has 3 rings (SSSR count). The third-order valence-electron chi connectivity index (χ3n) is 3.12. The van der Waals surface area contributed by atoms with Crippen LogP contribution in [-0.2, 0) is 4.79 Å². The van der Waals surface area contributed by atoms with Crippen molar-refractivity contribution in [3.63, 3.8) is 0 Å². The van der Waals surface area contributed by atoms with Gasteiger partial charge in [-0.1, -0.05) is 0 Å². The molecule has 0 fully saturated rings. The molecule has 100 valence electrons. The number of benzene rings is 1. The van der Waals surface area contributed by atoms with Crippen LogP contribution in [0.25, 0.3) is 11.3 Å². The van der Waals surface area contributed by atoms with E-state index in [0.29, 0.717) is 23.4 Å². The van der Waals surface area contributed by atoms with Crippen molar-refractivity contribution in [2.75, 3.05) is 18.6 Å². The average Bonchev–Trinajstić information content (AvgIpc) is 2.51. The summed E-state index contributed by atoms with van der Waals surface area (Å²) in [5, 5.41) is 0. The predicted octanol–water partition coefficient (Wildman–Crippen LogP) is 1.31. The lowest BCUT2D eigenvalue weighted by atomic mass is 10.1. The van der Waals surface area contributed by atoms with Crippen LogP contribution < -0.4 is 9.64 Å². The first-order valence-electron chi connectivity index (χ1n) is 6.01. The van der Waals surface area contributed by atoms with Gasteiger partial charge in [0.2, 0.25) is 0 Å². The maximum Gasteiger partial charge on any atom is 0.264 e. The van der Waals surface area contributed by atoms with E-state index < -0.39 is 0 Å². The van der Waals surface area contributed by atoms with Crippen molar-refractivity contribution < 1.29 is 14.3 Å². The summed E-state index contributed by atoms with van der Waals surface area (Å²) in [7, 11) is 1.70. The van der Waals surface area contributed by atoms with E-state index in [-0.39, 0.29) is 18.3 Å². The number of nitrogens with zero attached hydrogens (tertiary/aromatic N) is 3. The fourth-order valence-electron chi connectivity index (χ4n) is 2.02. The minimum atomic E-state index is -0.106. The van der Waals surface area contributed by atoms with Crippen molar-refractivity contribution in [1.82, 2.24) is 9.97 Å². The Balaban J connectivity index is 2.07. The van der Waals surface area contributed by atoms with E-state index >= 15 is 0 Å². The van der Waals surface area contributed by atoms with Gasteiger partial charge in [-0.3, -0.25) is 9.59 Å². The monoisotopic (exact) mass is 269 g/mol. The lowest BCUT2D eigenvalue weighted by Gasteiger charge is -2.26. The summed E-state index contributed by atoms with van der Waals surface area (Å²) in [6, 6.07) is 7.14. The maximum atomic E-state index is 11.6. The largest absolute Gasteiger partial charge is 0.482 e. The molecule has 0 aliphatic carbocycles. The molecule has 1 amide bonds. The van der Waals surface area contributed by atoms with Crippen molar-refractivity contribution in [1.29, 1.82) is 0 Å². The fraction of sp³-hybridized carbons (Fsp3) is 0.143. The third-order valence-corrected chi connectivity index (χ3v) is 3.12. The summed E-state index contributed by atoms with van der Waals surface area (Å²) in [6.45, 7) is 0.0473. The molecule has 0 unspecified atom stereocenters. The molecule has 2 heterocycles. The van der Waals surface area contributed by atoms with E-state index in [1.54, 1.807) is 24.1 Å². The lowest BCUT2D eigenvalue weighted by Crippen LogP contribution is -2.35. The molecule has 1 aromatic carbocycles. The molecule has 20 heavy (non-hydrogen) atoms. The summed E-state index contributed by atoms with van der Waals surface area (Å²) < 4.78 is 5.36. The molecule has 0 N–H and O–H groups in total. The van der Waals surface area contributed by atoms with Gasteiger partial charge in [-0.2, -0.15) is 0 Å². The van der Waals surface area contributed by atoms with E-state index in [1.807, 2.05) is 12.1 Å². The van der Waals surface area contributed by atoms with Gasteiger partial charge in [0, 0.05) is 18.8 Å². The molecule has 0 saturated carbocycles. The van der Waals surface area contributed by atoms with Crippen LogP contribution in [0.3, 0.4) is 0 Å². The standard InChI is InChI=1S/C14H11N3O3/c1-17-11-6-9(2-3-12(11)20-8-14(17)19)10-4-5-15-13(7-18)16-10/h2-7H,8H2,1H3. The minimum absolute atomic E-state index is 0.0473. The molecule has 0 radical (unpaired) electrons.